The van der Waals surface area contributed by atoms with Gasteiger partial charge in [0, 0.05) is 37.7 Å². The second-order valence-corrected chi connectivity index (χ2v) is 5.96. The van der Waals surface area contributed by atoms with Crippen LogP contribution in [0.15, 0.2) is 48.9 Å². The van der Waals surface area contributed by atoms with E-state index < -0.39 is 0 Å². The van der Waals surface area contributed by atoms with Crippen LogP contribution in [0, 0.1) is 0 Å². The minimum Gasteiger partial charge on any atom is -0.349 e. The van der Waals surface area contributed by atoms with Gasteiger partial charge in [-0.2, -0.15) is 0 Å². The highest BCUT2D eigenvalue weighted by molar-refractivity contribution is 5.94. The summed E-state index contributed by atoms with van der Waals surface area (Å²) in [5, 5.41) is 5.88. The fraction of sp³-hybridized carbons (Fsp3) is 0.333. The molecule has 1 aliphatic heterocycles. The number of carbonyl (C=O) groups excluding carboxylic acids is 2. The average molecular weight is 339 g/mol. The van der Waals surface area contributed by atoms with Crippen molar-refractivity contribution in [2.75, 3.05) is 13.1 Å². The van der Waals surface area contributed by atoms with Gasteiger partial charge in [0.15, 0.2) is 0 Å². The molecule has 7 heteroatoms. The van der Waals surface area contributed by atoms with Crippen LogP contribution in [-0.4, -0.2) is 45.9 Å². The van der Waals surface area contributed by atoms with Gasteiger partial charge < -0.3 is 15.5 Å². The minimum atomic E-state index is -0.119. The van der Waals surface area contributed by atoms with Crippen molar-refractivity contribution in [2.24, 2.45) is 0 Å². The van der Waals surface area contributed by atoms with Crippen molar-refractivity contribution in [1.29, 1.82) is 0 Å². The second kappa shape index (κ2) is 8.23. The van der Waals surface area contributed by atoms with Crippen LogP contribution in [0.4, 0.5) is 4.79 Å². The van der Waals surface area contributed by atoms with Crippen LogP contribution in [0.5, 0.6) is 0 Å². The zero-order valence-corrected chi connectivity index (χ0v) is 13.9. The SMILES string of the molecule is O=C(NC1CCN(C(=O)NCc2ccccn2)CC1)c1cccnc1. The first-order chi connectivity index (χ1) is 12.2. The minimum absolute atomic E-state index is 0.0764. The van der Waals surface area contributed by atoms with Crippen LogP contribution in [0.25, 0.3) is 0 Å². The zero-order valence-electron chi connectivity index (χ0n) is 13.9. The van der Waals surface area contributed by atoms with Crippen molar-refractivity contribution < 1.29 is 9.59 Å². The summed E-state index contributed by atoms with van der Waals surface area (Å²) in [7, 11) is 0. The van der Waals surface area contributed by atoms with Crippen LogP contribution in [0.2, 0.25) is 0 Å². The van der Waals surface area contributed by atoms with Gasteiger partial charge in [0.2, 0.25) is 0 Å². The third-order valence-electron chi connectivity index (χ3n) is 4.19. The van der Waals surface area contributed by atoms with Crippen molar-refractivity contribution in [3.63, 3.8) is 0 Å². The number of nitrogens with one attached hydrogen (secondary N) is 2. The Morgan fingerprint density at radius 2 is 1.96 bits per heavy atom. The summed E-state index contributed by atoms with van der Waals surface area (Å²) >= 11 is 0. The van der Waals surface area contributed by atoms with Gasteiger partial charge in [-0.25, -0.2) is 4.79 Å². The molecule has 1 saturated heterocycles. The van der Waals surface area contributed by atoms with Gasteiger partial charge in [0.05, 0.1) is 17.8 Å². The summed E-state index contributed by atoms with van der Waals surface area (Å²) in [5.41, 5.74) is 1.38. The summed E-state index contributed by atoms with van der Waals surface area (Å²) in [6, 6.07) is 9.07. The van der Waals surface area contributed by atoms with Gasteiger partial charge in [-0.05, 0) is 37.1 Å². The molecule has 2 aromatic rings. The number of rotatable bonds is 4. The van der Waals surface area contributed by atoms with Gasteiger partial charge in [-0.1, -0.05) is 6.07 Å². The molecule has 3 amide bonds. The first kappa shape index (κ1) is 16.9. The van der Waals surface area contributed by atoms with E-state index in [-0.39, 0.29) is 18.0 Å². The molecule has 25 heavy (non-hydrogen) atoms. The van der Waals surface area contributed by atoms with E-state index in [9.17, 15) is 9.59 Å². The number of nitrogens with zero attached hydrogens (tertiary/aromatic N) is 3. The Kier molecular flexibility index (Phi) is 5.56. The monoisotopic (exact) mass is 339 g/mol. The van der Waals surface area contributed by atoms with Crippen molar-refractivity contribution in [2.45, 2.75) is 25.4 Å². The molecule has 0 saturated carbocycles. The highest BCUT2D eigenvalue weighted by atomic mass is 16.2. The predicted octanol–water partition coefficient (Wildman–Crippen LogP) is 1.58. The van der Waals surface area contributed by atoms with Crippen molar-refractivity contribution in [1.82, 2.24) is 25.5 Å². The Morgan fingerprint density at radius 1 is 1.12 bits per heavy atom. The normalized spacial score (nSPS) is 14.8. The van der Waals surface area contributed by atoms with Crippen molar-refractivity contribution in [3.05, 3.63) is 60.2 Å². The van der Waals surface area contributed by atoms with Gasteiger partial charge >= 0.3 is 6.03 Å². The lowest BCUT2D eigenvalue weighted by Gasteiger charge is -2.32. The average Bonchev–Trinajstić information content (AvgIpc) is 2.68. The van der Waals surface area contributed by atoms with E-state index in [1.165, 1.54) is 0 Å². The molecule has 2 aromatic heterocycles. The largest absolute Gasteiger partial charge is 0.349 e. The topological polar surface area (TPSA) is 87.2 Å². The maximum absolute atomic E-state index is 12.2. The summed E-state index contributed by atoms with van der Waals surface area (Å²) in [5.74, 6) is -0.119. The second-order valence-electron chi connectivity index (χ2n) is 5.96. The molecule has 0 radical (unpaired) electrons. The van der Waals surface area contributed by atoms with Crippen LogP contribution < -0.4 is 10.6 Å². The Bertz CT molecular complexity index is 700. The molecular formula is C18H21N5O2. The van der Waals surface area contributed by atoms with Gasteiger partial charge in [0.25, 0.3) is 5.91 Å². The summed E-state index contributed by atoms with van der Waals surface area (Å²) in [4.78, 5) is 34.3. The number of urea groups is 1. The molecule has 0 spiro atoms. The van der Waals surface area contributed by atoms with E-state index >= 15 is 0 Å². The Labute approximate surface area is 146 Å². The van der Waals surface area contributed by atoms with Crippen molar-refractivity contribution >= 4 is 11.9 Å². The molecule has 130 valence electrons. The van der Waals surface area contributed by atoms with E-state index in [2.05, 4.69) is 20.6 Å². The summed E-state index contributed by atoms with van der Waals surface area (Å²) < 4.78 is 0. The molecule has 3 heterocycles. The van der Waals surface area contributed by atoms with Gasteiger partial charge in [-0.3, -0.25) is 14.8 Å². The third-order valence-corrected chi connectivity index (χ3v) is 4.19. The molecule has 0 bridgehead atoms. The standard InChI is InChI=1S/C18H21N5O2/c24-17(14-4-3-8-19-12-14)22-15-6-10-23(11-7-15)18(25)21-13-16-5-1-2-9-20-16/h1-5,8-9,12,15H,6-7,10-11,13H2,(H,21,25)(H,22,24). The van der Waals surface area contributed by atoms with Crippen LogP contribution in [0.1, 0.15) is 28.9 Å². The number of hydrogen-bond donors (Lipinski definition) is 2. The quantitative estimate of drug-likeness (QED) is 0.885. The number of pyridine rings is 2. The summed E-state index contributed by atoms with van der Waals surface area (Å²) in [6.45, 7) is 1.65. The molecule has 7 nitrogen and oxygen atoms in total. The predicted molar refractivity (Wildman–Crippen MR) is 92.8 cm³/mol. The van der Waals surface area contributed by atoms with E-state index in [4.69, 9.17) is 0 Å². The first-order valence-electron chi connectivity index (χ1n) is 8.36. The maximum atomic E-state index is 12.2. The smallest absolute Gasteiger partial charge is 0.317 e. The van der Waals surface area contributed by atoms with E-state index in [0.717, 1.165) is 18.5 Å². The number of likely N-dealkylation sites (tertiary alicyclic amines) is 1. The van der Waals surface area contributed by atoms with E-state index in [0.29, 0.717) is 25.2 Å². The number of aromatic nitrogens is 2. The lowest BCUT2D eigenvalue weighted by molar-refractivity contribution is 0.0917. The number of carbonyl (C=O) groups is 2. The molecule has 0 aliphatic carbocycles. The third kappa shape index (κ3) is 4.76. The molecule has 0 aromatic carbocycles. The lowest BCUT2D eigenvalue weighted by Crippen LogP contribution is -2.49. The highest BCUT2D eigenvalue weighted by Gasteiger charge is 2.24. The van der Waals surface area contributed by atoms with Crippen LogP contribution >= 0.6 is 0 Å². The highest BCUT2D eigenvalue weighted by Crippen LogP contribution is 2.11. The maximum Gasteiger partial charge on any atom is 0.317 e. The van der Waals surface area contributed by atoms with Gasteiger partial charge in [0.1, 0.15) is 0 Å². The molecule has 1 aliphatic rings. The number of hydrogen-bond acceptors (Lipinski definition) is 4. The van der Waals surface area contributed by atoms with E-state index in [1.54, 1.807) is 35.6 Å². The fourth-order valence-corrected chi connectivity index (χ4v) is 2.77. The van der Waals surface area contributed by atoms with Crippen LogP contribution in [0.3, 0.4) is 0 Å². The zero-order chi connectivity index (χ0) is 17.5. The number of amides is 3. The molecule has 3 rings (SSSR count). The molecule has 0 unspecified atom stereocenters. The fourth-order valence-electron chi connectivity index (χ4n) is 2.77. The Morgan fingerprint density at radius 3 is 2.64 bits per heavy atom. The van der Waals surface area contributed by atoms with Crippen molar-refractivity contribution in [3.8, 4) is 0 Å². The molecule has 2 N–H and O–H groups in total. The lowest BCUT2D eigenvalue weighted by atomic mass is 10.0. The number of piperidine rings is 1. The van der Waals surface area contributed by atoms with E-state index in [1.807, 2.05) is 18.2 Å². The molecular weight excluding hydrogens is 318 g/mol. The van der Waals surface area contributed by atoms with Crippen LogP contribution in [-0.2, 0) is 6.54 Å². The summed E-state index contributed by atoms with van der Waals surface area (Å²) in [6.07, 6.45) is 6.37. The van der Waals surface area contributed by atoms with Gasteiger partial charge in [-0.15, -0.1) is 0 Å². The molecule has 1 fully saturated rings. The Balaban J connectivity index is 1.42. The molecule has 0 atom stereocenters. The first-order valence-corrected chi connectivity index (χ1v) is 8.36. The Hall–Kier alpha value is -2.96.